The predicted molar refractivity (Wildman–Crippen MR) is 94.2 cm³/mol. The number of aliphatic imine (C=N–C) groups is 1. The van der Waals surface area contributed by atoms with E-state index < -0.39 is 11.6 Å². The average Bonchev–Trinajstić information content (AvgIpc) is 3.19. The molecule has 2 N–H and O–H groups in total. The molecule has 1 aromatic heterocycles. The summed E-state index contributed by atoms with van der Waals surface area (Å²) < 4.78 is 4.78. The van der Waals surface area contributed by atoms with Crippen molar-refractivity contribution in [2.45, 2.75) is 31.5 Å². The first kappa shape index (κ1) is 18.6. The molecule has 0 aromatic carbocycles. The van der Waals surface area contributed by atoms with Crippen molar-refractivity contribution in [1.29, 1.82) is 0 Å². The fourth-order valence-corrected chi connectivity index (χ4v) is 3.87. The van der Waals surface area contributed by atoms with Gasteiger partial charge in [0, 0.05) is 11.1 Å². The zero-order valence-electron chi connectivity index (χ0n) is 13.4. The van der Waals surface area contributed by atoms with Gasteiger partial charge in [0.15, 0.2) is 5.54 Å². The fraction of sp³-hybridized carbons (Fsp3) is 0.467. The molecule has 1 aliphatic heterocycles. The molecule has 0 saturated heterocycles. The Labute approximate surface area is 148 Å². The smallest absolute Gasteiger partial charge is 0.334 e. The van der Waals surface area contributed by atoms with Crippen molar-refractivity contribution in [2.75, 3.05) is 12.9 Å². The molecule has 2 atom stereocenters. The molecule has 1 aromatic rings. The largest absolute Gasteiger partial charge is 0.467 e. The number of nitrogens with zero attached hydrogens (tertiary/aromatic N) is 2. The van der Waals surface area contributed by atoms with E-state index in [2.05, 4.69) is 21.9 Å². The Hall–Kier alpha value is -1.71. The summed E-state index contributed by atoms with van der Waals surface area (Å²) in [6, 6.07) is 0. The summed E-state index contributed by atoms with van der Waals surface area (Å²) in [5, 5.41) is 15.3. The average molecular weight is 369 g/mol. The van der Waals surface area contributed by atoms with Crippen molar-refractivity contribution in [3.05, 3.63) is 28.7 Å². The molecule has 0 radical (unpaired) electrons. The van der Waals surface area contributed by atoms with Gasteiger partial charge in [0.2, 0.25) is 5.91 Å². The zero-order chi connectivity index (χ0) is 17.7. The van der Waals surface area contributed by atoms with E-state index in [0.29, 0.717) is 16.5 Å². The Bertz CT molecular complexity index is 673. The Morgan fingerprint density at radius 1 is 1.62 bits per heavy atom. The second-order valence-electron chi connectivity index (χ2n) is 5.38. The first-order valence-electron chi connectivity index (χ1n) is 7.21. The van der Waals surface area contributed by atoms with Gasteiger partial charge in [0.1, 0.15) is 15.7 Å². The Morgan fingerprint density at radius 3 is 3.04 bits per heavy atom. The molecule has 1 aliphatic rings. The van der Waals surface area contributed by atoms with Crippen molar-refractivity contribution >= 4 is 40.0 Å². The number of methoxy groups -OCH3 is 1. The second kappa shape index (κ2) is 7.91. The molecule has 130 valence electrons. The number of esters is 1. The van der Waals surface area contributed by atoms with Crippen LogP contribution in [-0.4, -0.2) is 51.5 Å². The van der Waals surface area contributed by atoms with Crippen LogP contribution in [0, 0.1) is 0 Å². The van der Waals surface area contributed by atoms with Gasteiger partial charge in [-0.05, 0) is 6.92 Å². The third kappa shape index (κ3) is 4.43. The number of hydrogen-bond acceptors (Lipinski definition) is 8. The minimum Gasteiger partial charge on any atom is -0.467 e. The van der Waals surface area contributed by atoms with Gasteiger partial charge in [-0.3, -0.25) is 9.79 Å². The first-order chi connectivity index (χ1) is 11.4. The van der Waals surface area contributed by atoms with E-state index in [-0.39, 0.29) is 24.8 Å². The lowest BCUT2D eigenvalue weighted by Gasteiger charge is -2.15. The lowest BCUT2D eigenvalue weighted by molar-refractivity contribution is -0.145. The van der Waals surface area contributed by atoms with Crippen LogP contribution in [0.25, 0.3) is 0 Å². The molecule has 24 heavy (non-hydrogen) atoms. The van der Waals surface area contributed by atoms with Crippen LogP contribution in [0.5, 0.6) is 0 Å². The SMILES string of the molecule is C=C[C@@H](O)CC(=O)NCc1nc(C2=N[C@](C)(C(=O)OC)CS2)cs1. The van der Waals surface area contributed by atoms with Crippen molar-refractivity contribution in [3.63, 3.8) is 0 Å². The molecular weight excluding hydrogens is 350 g/mol. The summed E-state index contributed by atoms with van der Waals surface area (Å²) >= 11 is 2.86. The lowest BCUT2D eigenvalue weighted by atomic mass is 10.1. The highest BCUT2D eigenvalue weighted by Crippen LogP contribution is 2.32. The minimum atomic E-state index is -0.881. The van der Waals surface area contributed by atoms with Crippen LogP contribution in [-0.2, 0) is 20.9 Å². The van der Waals surface area contributed by atoms with E-state index in [0.717, 1.165) is 5.01 Å². The zero-order valence-corrected chi connectivity index (χ0v) is 15.1. The van der Waals surface area contributed by atoms with E-state index in [1.54, 1.807) is 6.92 Å². The molecule has 0 fully saturated rings. The van der Waals surface area contributed by atoms with Gasteiger partial charge in [0.05, 0.1) is 26.2 Å². The molecule has 7 nitrogen and oxygen atoms in total. The number of rotatable bonds is 7. The van der Waals surface area contributed by atoms with Crippen molar-refractivity contribution in [3.8, 4) is 0 Å². The number of thiazole rings is 1. The van der Waals surface area contributed by atoms with Crippen molar-refractivity contribution in [1.82, 2.24) is 10.3 Å². The second-order valence-corrected chi connectivity index (χ2v) is 7.29. The van der Waals surface area contributed by atoms with E-state index in [9.17, 15) is 14.7 Å². The highest BCUT2D eigenvalue weighted by atomic mass is 32.2. The van der Waals surface area contributed by atoms with Gasteiger partial charge in [-0.15, -0.1) is 29.7 Å². The predicted octanol–water partition coefficient (Wildman–Crippen LogP) is 1.12. The topological polar surface area (TPSA) is 101 Å². The number of aliphatic hydroxyl groups excluding tert-OH is 1. The number of amides is 1. The number of carbonyl (C=O) groups excluding carboxylic acids is 2. The fourth-order valence-electron chi connectivity index (χ4n) is 1.96. The summed E-state index contributed by atoms with van der Waals surface area (Å²) in [6.45, 7) is 5.43. The third-order valence-electron chi connectivity index (χ3n) is 3.34. The van der Waals surface area contributed by atoms with Crippen LogP contribution < -0.4 is 5.32 Å². The first-order valence-corrected chi connectivity index (χ1v) is 9.07. The van der Waals surface area contributed by atoms with E-state index in [1.165, 1.54) is 36.3 Å². The summed E-state index contributed by atoms with van der Waals surface area (Å²) in [7, 11) is 1.35. The molecular formula is C15H19N3O4S2. The number of thioether (sulfide) groups is 1. The van der Waals surface area contributed by atoms with Crippen LogP contribution in [0.2, 0.25) is 0 Å². The number of aromatic nitrogens is 1. The monoisotopic (exact) mass is 369 g/mol. The molecule has 0 unspecified atom stereocenters. The lowest BCUT2D eigenvalue weighted by Crippen LogP contribution is -2.34. The van der Waals surface area contributed by atoms with Gasteiger partial charge < -0.3 is 15.2 Å². The Kier molecular flexibility index (Phi) is 6.14. The summed E-state index contributed by atoms with van der Waals surface area (Å²) in [4.78, 5) is 32.3. The minimum absolute atomic E-state index is 0.0260. The van der Waals surface area contributed by atoms with Gasteiger partial charge in [0.25, 0.3) is 0 Å². The number of ether oxygens (including phenoxy) is 1. The van der Waals surface area contributed by atoms with Crippen molar-refractivity contribution < 1.29 is 19.4 Å². The molecule has 9 heteroatoms. The molecule has 2 rings (SSSR count). The standard InChI is InChI=1S/C15H19N3O4S2/c1-4-9(19)5-11(20)16-6-12-17-10(7-23-12)13-18-15(2,8-24-13)14(21)22-3/h4,7,9,19H,1,5-6,8H2,2-3H3,(H,16,20)/t9-,15+/m1/s1. The van der Waals surface area contributed by atoms with Gasteiger partial charge >= 0.3 is 5.97 Å². The maximum atomic E-state index is 11.8. The van der Waals surface area contributed by atoms with Crippen LogP contribution >= 0.6 is 23.1 Å². The molecule has 0 aliphatic carbocycles. The maximum absolute atomic E-state index is 11.8. The molecule has 0 saturated carbocycles. The van der Waals surface area contributed by atoms with Crippen molar-refractivity contribution in [2.24, 2.45) is 4.99 Å². The summed E-state index contributed by atoms with van der Waals surface area (Å²) in [5.41, 5.74) is -0.193. The highest BCUT2D eigenvalue weighted by molar-refractivity contribution is 8.14. The van der Waals surface area contributed by atoms with Crippen LogP contribution in [0.4, 0.5) is 0 Å². The molecule has 0 bridgehead atoms. The van der Waals surface area contributed by atoms with Crippen LogP contribution in [0.3, 0.4) is 0 Å². The van der Waals surface area contributed by atoms with E-state index in [1.807, 2.05) is 5.38 Å². The van der Waals surface area contributed by atoms with E-state index in [4.69, 9.17) is 4.74 Å². The maximum Gasteiger partial charge on any atom is 0.334 e. The number of aliphatic hydroxyl groups is 1. The quantitative estimate of drug-likeness (QED) is 0.552. The van der Waals surface area contributed by atoms with Gasteiger partial charge in [-0.25, -0.2) is 9.78 Å². The molecule has 0 spiro atoms. The van der Waals surface area contributed by atoms with Crippen LogP contribution in [0.15, 0.2) is 23.0 Å². The normalized spacial score (nSPS) is 21.0. The summed E-state index contributed by atoms with van der Waals surface area (Å²) in [5.74, 6) is -0.128. The van der Waals surface area contributed by atoms with Gasteiger partial charge in [-0.2, -0.15) is 0 Å². The Morgan fingerprint density at radius 2 is 2.38 bits per heavy atom. The highest BCUT2D eigenvalue weighted by Gasteiger charge is 2.40. The number of carbonyl (C=O) groups is 2. The third-order valence-corrected chi connectivity index (χ3v) is 5.47. The van der Waals surface area contributed by atoms with E-state index >= 15 is 0 Å². The molecule has 2 heterocycles. The number of hydrogen-bond donors (Lipinski definition) is 2. The Balaban J connectivity index is 1.96. The number of nitrogens with one attached hydrogen (secondary N) is 1. The van der Waals surface area contributed by atoms with Crippen LogP contribution in [0.1, 0.15) is 24.0 Å². The summed E-state index contributed by atoms with van der Waals surface area (Å²) in [6.07, 6.45) is 0.438. The van der Waals surface area contributed by atoms with Gasteiger partial charge in [-0.1, -0.05) is 6.08 Å². The molecule has 1 amide bonds.